The summed E-state index contributed by atoms with van der Waals surface area (Å²) >= 11 is 0. The lowest BCUT2D eigenvalue weighted by molar-refractivity contribution is 0.0917. The number of benzene rings is 1. The van der Waals surface area contributed by atoms with Gasteiger partial charge in [-0.2, -0.15) is 4.31 Å². The summed E-state index contributed by atoms with van der Waals surface area (Å²) in [4.78, 5) is 12.6. The van der Waals surface area contributed by atoms with Gasteiger partial charge in [-0.15, -0.1) is 0 Å². The molecule has 9 nitrogen and oxygen atoms in total. The minimum atomic E-state index is -3.88. The van der Waals surface area contributed by atoms with Gasteiger partial charge in [0.25, 0.3) is 15.9 Å². The van der Waals surface area contributed by atoms with Gasteiger partial charge in [-0.1, -0.05) is 18.6 Å². The van der Waals surface area contributed by atoms with Crippen LogP contribution in [0.15, 0.2) is 50.8 Å². The number of nitrogens with zero attached hydrogens (tertiary/aromatic N) is 1. The quantitative estimate of drug-likeness (QED) is 0.623. The van der Waals surface area contributed by atoms with Crippen molar-refractivity contribution in [3.8, 4) is 0 Å². The highest BCUT2D eigenvalue weighted by Crippen LogP contribution is 2.21. The Morgan fingerprint density at radius 2 is 1.59 bits per heavy atom. The number of furan rings is 1. The fourth-order valence-electron chi connectivity index (χ4n) is 3.34. The highest BCUT2D eigenvalue weighted by molar-refractivity contribution is 7.89. The maximum absolute atomic E-state index is 12.7. The van der Waals surface area contributed by atoms with Gasteiger partial charge in [-0.3, -0.25) is 4.79 Å². The molecule has 0 unspecified atom stereocenters. The zero-order valence-corrected chi connectivity index (χ0v) is 20.1. The summed E-state index contributed by atoms with van der Waals surface area (Å²) < 4.78 is 59.2. The Morgan fingerprint density at radius 1 is 0.969 bits per heavy atom. The molecule has 11 heteroatoms. The number of sulfonamides is 2. The predicted octanol–water partition coefficient (Wildman–Crippen LogP) is 2.46. The van der Waals surface area contributed by atoms with Crippen LogP contribution in [0.3, 0.4) is 0 Å². The van der Waals surface area contributed by atoms with E-state index in [-0.39, 0.29) is 22.3 Å². The van der Waals surface area contributed by atoms with Gasteiger partial charge < -0.3 is 9.73 Å². The third-order valence-corrected chi connectivity index (χ3v) is 8.38. The molecule has 2 N–H and O–H groups in total. The van der Waals surface area contributed by atoms with Crippen LogP contribution in [0.2, 0.25) is 0 Å². The van der Waals surface area contributed by atoms with Gasteiger partial charge in [0.05, 0.1) is 4.90 Å². The molecule has 1 saturated heterocycles. The van der Waals surface area contributed by atoms with E-state index in [1.165, 1.54) is 28.6 Å². The first-order valence-corrected chi connectivity index (χ1v) is 13.3. The van der Waals surface area contributed by atoms with Crippen LogP contribution in [-0.2, 0) is 26.6 Å². The molecule has 32 heavy (non-hydrogen) atoms. The summed E-state index contributed by atoms with van der Waals surface area (Å²) in [5.74, 6) is -0.712. The Balaban J connectivity index is 1.61. The zero-order valence-electron chi connectivity index (χ0n) is 18.4. The summed E-state index contributed by atoms with van der Waals surface area (Å²) in [6.07, 6.45) is 2.78. The third-order valence-electron chi connectivity index (χ3n) is 4.84. The molecule has 0 bridgehead atoms. The van der Waals surface area contributed by atoms with E-state index >= 15 is 0 Å². The van der Waals surface area contributed by atoms with E-state index in [1.807, 2.05) is 0 Å². The van der Waals surface area contributed by atoms with Crippen molar-refractivity contribution >= 4 is 26.0 Å². The average molecular weight is 484 g/mol. The fourth-order valence-corrected chi connectivity index (χ4v) is 6.21. The summed E-state index contributed by atoms with van der Waals surface area (Å²) in [5.41, 5.74) is 0.00607. The lowest BCUT2D eigenvalue weighted by Gasteiger charge is -2.25. The Hall–Kier alpha value is -2.21. The second-order valence-corrected chi connectivity index (χ2v) is 12.3. The van der Waals surface area contributed by atoms with E-state index in [1.54, 1.807) is 32.9 Å². The summed E-state index contributed by atoms with van der Waals surface area (Å²) in [6, 6.07) is 8.86. The molecule has 1 aromatic carbocycles. The third kappa shape index (κ3) is 5.97. The number of carbonyl (C=O) groups is 1. The first-order valence-electron chi connectivity index (χ1n) is 10.4. The Kier molecular flexibility index (Phi) is 7.13. The van der Waals surface area contributed by atoms with E-state index in [0.717, 1.165) is 19.3 Å². The van der Waals surface area contributed by atoms with Crippen LogP contribution in [0, 0.1) is 0 Å². The standard InChI is InChI=1S/C21H29N3O6S2/c1-21(2,3)23-31(26,27)19-12-11-18(30-19)20(25)22-15-16-7-9-17(10-8-16)32(28,29)24-13-5-4-6-14-24/h7-12,23H,4-6,13-15H2,1-3H3,(H,22,25). The van der Waals surface area contributed by atoms with E-state index < -0.39 is 31.5 Å². The zero-order chi connectivity index (χ0) is 23.6. The molecule has 0 spiro atoms. The maximum Gasteiger partial charge on any atom is 0.287 e. The van der Waals surface area contributed by atoms with Gasteiger partial charge in [-0.05, 0) is 63.4 Å². The van der Waals surface area contributed by atoms with Gasteiger partial charge in [0.15, 0.2) is 5.76 Å². The van der Waals surface area contributed by atoms with Crippen LogP contribution in [0.1, 0.15) is 56.2 Å². The largest absolute Gasteiger partial charge is 0.438 e. The molecule has 0 radical (unpaired) electrons. The topological polar surface area (TPSA) is 126 Å². The Morgan fingerprint density at radius 3 is 2.19 bits per heavy atom. The van der Waals surface area contributed by atoms with Crippen molar-refractivity contribution in [2.24, 2.45) is 0 Å². The normalized spacial score (nSPS) is 16.1. The van der Waals surface area contributed by atoms with Crippen LogP contribution in [0.25, 0.3) is 0 Å². The van der Waals surface area contributed by atoms with Gasteiger partial charge in [0, 0.05) is 25.2 Å². The Bertz CT molecular complexity index is 1160. The highest BCUT2D eigenvalue weighted by Gasteiger charge is 2.27. The van der Waals surface area contributed by atoms with Crippen molar-refractivity contribution in [3.05, 3.63) is 47.7 Å². The van der Waals surface area contributed by atoms with Crippen molar-refractivity contribution in [1.29, 1.82) is 0 Å². The Labute approximate surface area is 189 Å². The summed E-state index contributed by atoms with van der Waals surface area (Å²) in [5, 5.41) is 2.30. The van der Waals surface area contributed by atoms with Crippen LogP contribution >= 0.6 is 0 Å². The minimum Gasteiger partial charge on any atom is -0.438 e. The predicted molar refractivity (Wildman–Crippen MR) is 119 cm³/mol. The molecule has 1 aliphatic rings. The summed E-state index contributed by atoms with van der Waals surface area (Å²) in [7, 11) is -7.39. The number of amides is 1. The van der Waals surface area contributed by atoms with Crippen LogP contribution in [0.4, 0.5) is 0 Å². The maximum atomic E-state index is 12.7. The van der Waals surface area contributed by atoms with E-state index in [0.29, 0.717) is 18.7 Å². The fraction of sp³-hybridized carbons (Fsp3) is 0.476. The SMILES string of the molecule is CC(C)(C)NS(=O)(=O)c1ccc(C(=O)NCc2ccc(S(=O)(=O)N3CCCCC3)cc2)o1. The lowest BCUT2D eigenvalue weighted by atomic mass is 10.1. The van der Waals surface area contributed by atoms with Gasteiger partial charge in [0.2, 0.25) is 15.1 Å². The molecule has 0 aliphatic carbocycles. The van der Waals surface area contributed by atoms with Crippen LogP contribution in [-0.4, -0.2) is 45.7 Å². The molecule has 1 fully saturated rings. The van der Waals surface area contributed by atoms with Crippen molar-refractivity contribution in [3.63, 3.8) is 0 Å². The van der Waals surface area contributed by atoms with E-state index in [4.69, 9.17) is 4.42 Å². The highest BCUT2D eigenvalue weighted by atomic mass is 32.2. The smallest absolute Gasteiger partial charge is 0.287 e. The molecule has 2 heterocycles. The van der Waals surface area contributed by atoms with Crippen molar-refractivity contribution in [1.82, 2.24) is 14.3 Å². The number of rotatable bonds is 7. The second-order valence-electron chi connectivity index (χ2n) is 8.77. The molecule has 1 aliphatic heterocycles. The molecule has 1 amide bonds. The molecule has 1 aromatic heterocycles. The number of hydrogen-bond donors (Lipinski definition) is 2. The van der Waals surface area contributed by atoms with Gasteiger partial charge >= 0.3 is 0 Å². The molecule has 2 aromatic rings. The summed E-state index contributed by atoms with van der Waals surface area (Å²) in [6.45, 7) is 6.29. The van der Waals surface area contributed by atoms with Gasteiger partial charge in [-0.25, -0.2) is 21.6 Å². The first kappa shape index (κ1) is 24.4. The molecule has 176 valence electrons. The average Bonchev–Trinajstić information content (AvgIpc) is 3.23. The van der Waals surface area contributed by atoms with Crippen LogP contribution in [0.5, 0.6) is 0 Å². The minimum absolute atomic E-state index is 0.131. The molecule has 3 rings (SSSR count). The van der Waals surface area contributed by atoms with Crippen LogP contribution < -0.4 is 10.0 Å². The number of carbonyl (C=O) groups excluding carboxylic acids is 1. The second kappa shape index (κ2) is 9.34. The van der Waals surface area contributed by atoms with E-state index in [9.17, 15) is 21.6 Å². The molecular weight excluding hydrogens is 454 g/mol. The molecule has 0 saturated carbocycles. The number of nitrogens with one attached hydrogen (secondary N) is 2. The number of hydrogen-bond acceptors (Lipinski definition) is 6. The van der Waals surface area contributed by atoms with Crippen molar-refractivity contribution in [2.75, 3.05) is 13.1 Å². The van der Waals surface area contributed by atoms with E-state index in [2.05, 4.69) is 10.0 Å². The lowest BCUT2D eigenvalue weighted by Crippen LogP contribution is -2.40. The monoisotopic (exact) mass is 483 g/mol. The first-order chi connectivity index (χ1) is 14.9. The number of piperidine rings is 1. The van der Waals surface area contributed by atoms with Crippen molar-refractivity contribution < 1.29 is 26.0 Å². The van der Waals surface area contributed by atoms with Gasteiger partial charge in [0.1, 0.15) is 0 Å². The molecule has 0 atom stereocenters. The van der Waals surface area contributed by atoms with Crippen molar-refractivity contribution in [2.45, 2.75) is 62.1 Å². The molecular formula is C21H29N3O6S2.